The van der Waals surface area contributed by atoms with Crippen LogP contribution in [0.5, 0.6) is 0 Å². The summed E-state index contributed by atoms with van der Waals surface area (Å²) in [6.45, 7) is 4.08. The average molecular weight is 323 g/mol. The second-order valence-electron chi connectivity index (χ2n) is 5.69. The minimum absolute atomic E-state index is 0.205. The van der Waals surface area contributed by atoms with Crippen molar-refractivity contribution in [1.29, 1.82) is 0 Å². The average Bonchev–Trinajstić information content (AvgIpc) is 2.89. The zero-order chi connectivity index (χ0) is 17.1. The lowest BCUT2D eigenvalue weighted by atomic mass is 10.1. The van der Waals surface area contributed by atoms with Gasteiger partial charge in [0.15, 0.2) is 5.82 Å². The number of hydrogen-bond donors (Lipinski definition) is 1. The Labute approximate surface area is 139 Å². The normalized spacial score (nSPS) is 10.6. The van der Waals surface area contributed by atoms with Crippen molar-refractivity contribution in [3.63, 3.8) is 0 Å². The summed E-state index contributed by atoms with van der Waals surface area (Å²) < 4.78 is 15.5. The van der Waals surface area contributed by atoms with Crippen molar-refractivity contribution < 1.29 is 9.18 Å². The number of halogens is 1. The molecular weight excluding hydrogens is 305 g/mol. The van der Waals surface area contributed by atoms with Crippen LogP contribution in [0.15, 0.2) is 54.6 Å². The number of rotatable bonds is 4. The van der Waals surface area contributed by atoms with Gasteiger partial charge in [0.05, 0.1) is 6.54 Å². The molecule has 3 aromatic rings. The first-order valence-electron chi connectivity index (χ1n) is 7.69. The molecule has 1 aromatic heterocycles. The fourth-order valence-electron chi connectivity index (χ4n) is 2.53. The smallest absolute Gasteiger partial charge is 0.257 e. The summed E-state index contributed by atoms with van der Waals surface area (Å²) in [6, 6.07) is 15.7. The van der Waals surface area contributed by atoms with E-state index in [2.05, 4.69) is 10.4 Å². The van der Waals surface area contributed by atoms with E-state index in [0.717, 1.165) is 11.3 Å². The molecule has 3 rings (SSSR count). The van der Waals surface area contributed by atoms with E-state index in [9.17, 15) is 9.18 Å². The second-order valence-corrected chi connectivity index (χ2v) is 5.69. The van der Waals surface area contributed by atoms with Crippen LogP contribution in [0.25, 0.3) is 0 Å². The van der Waals surface area contributed by atoms with Crippen LogP contribution < -0.4 is 5.32 Å². The lowest BCUT2D eigenvalue weighted by Crippen LogP contribution is -2.14. The molecule has 1 N–H and O–H groups in total. The fourth-order valence-corrected chi connectivity index (χ4v) is 2.53. The lowest BCUT2D eigenvalue weighted by molar-refractivity contribution is 0.102. The van der Waals surface area contributed by atoms with Crippen molar-refractivity contribution >= 4 is 11.7 Å². The largest absolute Gasteiger partial charge is 0.305 e. The number of nitrogens with zero attached hydrogens (tertiary/aromatic N) is 2. The van der Waals surface area contributed by atoms with Crippen LogP contribution in [0.3, 0.4) is 0 Å². The lowest BCUT2D eigenvalue weighted by Gasteiger charge is -2.06. The van der Waals surface area contributed by atoms with Crippen LogP contribution in [0.4, 0.5) is 10.2 Å². The number of carbonyl (C=O) groups excluding carboxylic acids is 1. The number of aromatic nitrogens is 2. The molecule has 0 aliphatic heterocycles. The highest BCUT2D eigenvalue weighted by Crippen LogP contribution is 2.15. The summed E-state index contributed by atoms with van der Waals surface area (Å²) in [6.07, 6.45) is 0. The summed E-state index contributed by atoms with van der Waals surface area (Å²) >= 11 is 0. The first-order chi connectivity index (χ1) is 11.5. The molecule has 5 heteroatoms. The Kier molecular flexibility index (Phi) is 4.42. The predicted molar refractivity (Wildman–Crippen MR) is 91.6 cm³/mol. The number of amides is 1. The van der Waals surface area contributed by atoms with Crippen LogP contribution >= 0.6 is 0 Å². The molecule has 0 aliphatic carbocycles. The second kappa shape index (κ2) is 6.66. The predicted octanol–water partition coefficient (Wildman–Crippen LogP) is 3.94. The van der Waals surface area contributed by atoms with Gasteiger partial charge in [-0.3, -0.25) is 9.48 Å². The van der Waals surface area contributed by atoms with Crippen molar-refractivity contribution in [3.05, 3.63) is 82.8 Å². The van der Waals surface area contributed by atoms with Crippen molar-refractivity contribution in [3.8, 4) is 0 Å². The van der Waals surface area contributed by atoms with E-state index in [-0.39, 0.29) is 11.7 Å². The first-order valence-corrected chi connectivity index (χ1v) is 7.69. The van der Waals surface area contributed by atoms with Gasteiger partial charge in [-0.15, -0.1) is 0 Å². The molecule has 0 fully saturated rings. The quantitative estimate of drug-likeness (QED) is 0.790. The Morgan fingerprint density at radius 1 is 1.12 bits per heavy atom. The first kappa shape index (κ1) is 15.9. The minimum Gasteiger partial charge on any atom is -0.305 e. The Hall–Kier alpha value is -2.95. The van der Waals surface area contributed by atoms with Gasteiger partial charge in [-0.25, -0.2) is 4.39 Å². The molecule has 4 nitrogen and oxygen atoms in total. The van der Waals surface area contributed by atoms with Crippen LogP contribution in [0.1, 0.15) is 27.2 Å². The fraction of sp³-hybridized carbons (Fsp3) is 0.158. The summed E-state index contributed by atoms with van der Waals surface area (Å²) in [5.74, 6) is -0.0152. The van der Waals surface area contributed by atoms with Gasteiger partial charge < -0.3 is 5.32 Å². The number of aryl methyl sites for hydroxylation is 2. The van der Waals surface area contributed by atoms with Crippen LogP contribution in [-0.4, -0.2) is 15.7 Å². The molecule has 0 aliphatic rings. The molecule has 122 valence electrons. The van der Waals surface area contributed by atoms with E-state index in [4.69, 9.17) is 0 Å². The van der Waals surface area contributed by atoms with E-state index in [1.807, 2.05) is 32.0 Å². The van der Waals surface area contributed by atoms with Gasteiger partial charge in [-0.05, 0) is 31.5 Å². The highest BCUT2D eigenvalue weighted by Gasteiger charge is 2.12. The topological polar surface area (TPSA) is 46.9 Å². The molecule has 0 unspecified atom stereocenters. The zero-order valence-electron chi connectivity index (χ0n) is 13.6. The number of anilines is 1. The van der Waals surface area contributed by atoms with Crippen LogP contribution in [-0.2, 0) is 6.54 Å². The molecule has 0 bridgehead atoms. The number of nitrogens with one attached hydrogen (secondary N) is 1. The zero-order valence-corrected chi connectivity index (χ0v) is 13.6. The monoisotopic (exact) mass is 323 g/mol. The third kappa shape index (κ3) is 3.35. The molecule has 0 spiro atoms. The third-order valence-corrected chi connectivity index (χ3v) is 3.89. The van der Waals surface area contributed by atoms with Gasteiger partial charge in [0.25, 0.3) is 5.91 Å². The summed E-state index contributed by atoms with van der Waals surface area (Å²) in [5.41, 5.74) is 2.91. The van der Waals surface area contributed by atoms with Gasteiger partial charge in [0.1, 0.15) is 5.82 Å². The molecule has 0 atom stereocenters. The third-order valence-electron chi connectivity index (χ3n) is 3.89. The minimum atomic E-state index is -0.266. The standard InChI is InChI=1S/C19H18FN3O/c1-13-7-3-5-9-16(13)19(24)21-18-11-14(2)23(22-18)12-15-8-4-6-10-17(15)20/h3-11H,12H2,1-2H3,(H,21,22,24). The highest BCUT2D eigenvalue weighted by atomic mass is 19.1. The van der Waals surface area contributed by atoms with Crippen molar-refractivity contribution in [2.24, 2.45) is 0 Å². The van der Waals surface area contributed by atoms with E-state index in [1.165, 1.54) is 6.07 Å². The Balaban J connectivity index is 1.78. The van der Waals surface area contributed by atoms with E-state index < -0.39 is 0 Å². The Bertz CT molecular complexity index is 886. The molecule has 0 saturated carbocycles. The molecule has 0 saturated heterocycles. The van der Waals surface area contributed by atoms with E-state index >= 15 is 0 Å². The Morgan fingerprint density at radius 3 is 2.58 bits per heavy atom. The number of benzene rings is 2. The maximum Gasteiger partial charge on any atom is 0.257 e. The molecule has 0 radical (unpaired) electrons. The van der Waals surface area contributed by atoms with E-state index in [1.54, 1.807) is 35.0 Å². The number of hydrogen-bond acceptors (Lipinski definition) is 2. The van der Waals surface area contributed by atoms with Gasteiger partial charge in [-0.2, -0.15) is 5.10 Å². The van der Waals surface area contributed by atoms with Gasteiger partial charge in [-0.1, -0.05) is 36.4 Å². The van der Waals surface area contributed by atoms with Crippen molar-refractivity contribution in [2.45, 2.75) is 20.4 Å². The summed E-state index contributed by atoms with van der Waals surface area (Å²) in [4.78, 5) is 12.3. The highest BCUT2D eigenvalue weighted by molar-refractivity contribution is 6.04. The van der Waals surface area contributed by atoms with Gasteiger partial charge in [0, 0.05) is 22.9 Å². The van der Waals surface area contributed by atoms with Gasteiger partial charge >= 0.3 is 0 Å². The molecule has 1 amide bonds. The molecule has 24 heavy (non-hydrogen) atoms. The van der Waals surface area contributed by atoms with Crippen molar-refractivity contribution in [2.75, 3.05) is 5.32 Å². The van der Waals surface area contributed by atoms with Gasteiger partial charge in [0.2, 0.25) is 0 Å². The Morgan fingerprint density at radius 2 is 1.83 bits per heavy atom. The molecular formula is C19H18FN3O. The van der Waals surface area contributed by atoms with E-state index in [0.29, 0.717) is 23.5 Å². The maximum absolute atomic E-state index is 13.8. The van der Waals surface area contributed by atoms with Crippen LogP contribution in [0, 0.1) is 19.7 Å². The SMILES string of the molecule is Cc1ccccc1C(=O)Nc1cc(C)n(Cc2ccccc2F)n1. The molecule has 1 heterocycles. The summed E-state index contributed by atoms with van der Waals surface area (Å²) in [5, 5.41) is 7.16. The van der Waals surface area contributed by atoms with Crippen molar-refractivity contribution in [1.82, 2.24) is 9.78 Å². The molecule has 2 aromatic carbocycles. The van der Waals surface area contributed by atoms with Crippen LogP contribution in [0.2, 0.25) is 0 Å². The summed E-state index contributed by atoms with van der Waals surface area (Å²) in [7, 11) is 0. The number of carbonyl (C=O) groups is 1. The maximum atomic E-state index is 13.8.